The maximum Gasteiger partial charge on any atom is 0.407 e. The third kappa shape index (κ3) is 8.16. The smallest absolute Gasteiger partial charge is 0.407 e. The minimum Gasteiger partial charge on any atom is -0.453 e. The number of amides is 4. The first-order chi connectivity index (χ1) is 27.4. The molecular weight excluding hydrogens is 725 g/mol. The van der Waals surface area contributed by atoms with Gasteiger partial charge in [-0.1, -0.05) is 76.6 Å². The number of fused-ring (bicyclic) bond motifs is 3. The van der Waals surface area contributed by atoms with Crippen LogP contribution in [0.1, 0.15) is 83.4 Å². The zero-order chi connectivity index (χ0) is 40.4. The number of carbonyl (C=O) groups excluding carboxylic acids is 4. The van der Waals surface area contributed by atoms with E-state index in [1.54, 1.807) is 0 Å². The van der Waals surface area contributed by atoms with E-state index >= 15 is 0 Å². The Balaban J connectivity index is 1.05. The lowest BCUT2D eigenvalue weighted by Crippen LogP contribution is -2.52. The van der Waals surface area contributed by atoms with Crippen molar-refractivity contribution in [3.8, 4) is 22.4 Å². The number of nitrogens with one attached hydrogen (secondary N) is 5. The summed E-state index contributed by atoms with van der Waals surface area (Å²) in [5.74, 6) is 1.04. The van der Waals surface area contributed by atoms with Crippen molar-refractivity contribution in [2.24, 2.45) is 11.8 Å². The molecule has 0 radical (unpaired) electrons. The summed E-state index contributed by atoms with van der Waals surface area (Å²) in [6, 6.07) is 17.2. The van der Waals surface area contributed by atoms with Crippen molar-refractivity contribution in [1.29, 1.82) is 0 Å². The molecule has 5 atom stereocenters. The first kappa shape index (κ1) is 39.3. The molecule has 1 aliphatic carbocycles. The fraction of sp³-hybridized carbons (Fsp3) is 0.442. The van der Waals surface area contributed by atoms with Crippen molar-refractivity contribution in [2.75, 3.05) is 20.8 Å². The van der Waals surface area contributed by atoms with Crippen LogP contribution in [0.2, 0.25) is 0 Å². The summed E-state index contributed by atoms with van der Waals surface area (Å²) in [6.07, 6.45) is 4.92. The molecule has 2 aromatic heterocycles. The van der Waals surface area contributed by atoms with Gasteiger partial charge in [-0.2, -0.15) is 0 Å². The number of alkyl carbamates (subject to hydrolysis) is 2. The number of carbonyl (C=O) groups is 4. The van der Waals surface area contributed by atoms with Gasteiger partial charge in [0.25, 0.3) is 0 Å². The second-order valence-electron chi connectivity index (χ2n) is 15.8. The van der Waals surface area contributed by atoms with Gasteiger partial charge in [0.15, 0.2) is 0 Å². The molecule has 2 fully saturated rings. The largest absolute Gasteiger partial charge is 0.453 e. The van der Waals surface area contributed by atoms with Gasteiger partial charge in [0.1, 0.15) is 23.7 Å². The van der Waals surface area contributed by atoms with Crippen LogP contribution >= 0.6 is 0 Å². The summed E-state index contributed by atoms with van der Waals surface area (Å²) in [6.45, 7) is 8.18. The molecule has 0 spiro atoms. The molecule has 0 unspecified atom stereocenters. The number of H-pyrrole nitrogens is 2. The summed E-state index contributed by atoms with van der Waals surface area (Å²) in [7, 11) is 2.58. The number of hydrogen-bond donors (Lipinski definition) is 5. The summed E-state index contributed by atoms with van der Waals surface area (Å²) in [5, 5.41) is 10.6. The number of aromatic nitrogens is 4. The van der Waals surface area contributed by atoms with Crippen molar-refractivity contribution in [3.63, 3.8) is 0 Å². The van der Waals surface area contributed by atoms with Crippen LogP contribution in [0.3, 0.4) is 0 Å². The van der Waals surface area contributed by atoms with E-state index in [2.05, 4.69) is 74.4 Å². The molecule has 300 valence electrons. The standard InChI is InChI=1S/C43H52N8O6/c1-23(2)35(49-42(54)56-5)40(52)47-31-10-7-9-30(31)38-44-22-33(46-38)26-14-12-25(13-15-26)27-16-18-29-28(21-27)17-19-32-37(29)48-39(45-32)34-11-8-20-51(34)41(53)36(24(3)4)50-43(55)57-6/h12-19,21-24,30-31,34-36H,7-11,20H2,1-6H3,(H,44,46)(H,45,48)(H,47,52)(H,49,54)(H,50,55)/t30-,31-,34-,35-,36-/m0/s1. The molecule has 14 nitrogen and oxygen atoms in total. The summed E-state index contributed by atoms with van der Waals surface area (Å²) >= 11 is 0. The van der Waals surface area contributed by atoms with Gasteiger partial charge in [0.2, 0.25) is 11.8 Å². The highest BCUT2D eigenvalue weighted by atomic mass is 16.5. The number of ether oxygens (including phenoxy) is 2. The zero-order valence-electron chi connectivity index (χ0n) is 33.3. The number of likely N-dealkylation sites (tertiary alicyclic amines) is 1. The van der Waals surface area contributed by atoms with Crippen LogP contribution in [0.4, 0.5) is 9.59 Å². The zero-order valence-corrected chi connectivity index (χ0v) is 33.3. The summed E-state index contributed by atoms with van der Waals surface area (Å²) in [4.78, 5) is 69.3. The highest BCUT2D eigenvalue weighted by molar-refractivity contribution is 6.05. The first-order valence-corrected chi connectivity index (χ1v) is 19.8. The van der Waals surface area contributed by atoms with Gasteiger partial charge in [0, 0.05) is 23.9 Å². The minimum atomic E-state index is -0.694. The van der Waals surface area contributed by atoms with Gasteiger partial charge in [-0.25, -0.2) is 19.6 Å². The van der Waals surface area contributed by atoms with Crippen LogP contribution in [0.25, 0.3) is 44.2 Å². The predicted octanol–water partition coefficient (Wildman–Crippen LogP) is 6.95. The Morgan fingerprint density at radius 1 is 0.772 bits per heavy atom. The first-order valence-electron chi connectivity index (χ1n) is 19.8. The molecule has 5 N–H and O–H groups in total. The van der Waals surface area contributed by atoms with Crippen LogP contribution in [-0.2, 0) is 19.1 Å². The molecule has 1 saturated carbocycles. The molecule has 7 rings (SSSR count). The second kappa shape index (κ2) is 16.7. The van der Waals surface area contributed by atoms with Gasteiger partial charge in [0.05, 0.1) is 43.2 Å². The lowest BCUT2D eigenvalue weighted by atomic mass is 9.99. The fourth-order valence-electron chi connectivity index (χ4n) is 8.32. The van der Waals surface area contributed by atoms with Gasteiger partial charge in [-0.15, -0.1) is 0 Å². The van der Waals surface area contributed by atoms with E-state index in [4.69, 9.17) is 19.4 Å². The number of methoxy groups -OCH3 is 2. The molecule has 4 amide bonds. The van der Waals surface area contributed by atoms with Crippen LogP contribution in [0.5, 0.6) is 0 Å². The number of hydrogen-bond acceptors (Lipinski definition) is 8. The summed E-state index contributed by atoms with van der Waals surface area (Å²) in [5.41, 5.74) is 5.81. The van der Waals surface area contributed by atoms with Gasteiger partial charge in [-0.05, 0) is 71.7 Å². The maximum absolute atomic E-state index is 13.7. The van der Waals surface area contributed by atoms with Crippen LogP contribution in [0.15, 0.2) is 60.8 Å². The van der Waals surface area contributed by atoms with Gasteiger partial charge < -0.3 is 40.3 Å². The Hall–Kier alpha value is -5.92. The molecule has 5 aromatic rings. The topological polar surface area (TPSA) is 183 Å². The average molecular weight is 777 g/mol. The van der Waals surface area contributed by atoms with Crippen LogP contribution < -0.4 is 16.0 Å². The molecule has 14 heteroatoms. The number of benzene rings is 3. The molecule has 0 bridgehead atoms. The molecule has 2 aliphatic rings. The third-order valence-corrected chi connectivity index (χ3v) is 11.5. The maximum atomic E-state index is 13.7. The number of rotatable bonds is 11. The van der Waals surface area contributed by atoms with Crippen molar-refractivity contribution in [2.45, 2.75) is 89.9 Å². The fourth-order valence-corrected chi connectivity index (χ4v) is 8.32. The number of aromatic amines is 2. The van der Waals surface area contributed by atoms with Crippen molar-refractivity contribution in [3.05, 3.63) is 72.4 Å². The Morgan fingerprint density at radius 3 is 2.16 bits per heavy atom. The van der Waals surface area contributed by atoms with Crippen molar-refractivity contribution < 1.29 is 28.7 Å². The highest BCUT2D eigenvalue weighted by Crippen LogP contribution is 2.37. The Morgan fingerprint density at radius 2 is 1.46 bits per heavy atom. The monoisotopic (exact) mass is 776 g/mol. The highest BCUT2D eigenvalue weighted by Gasteiger charge is 2.38. The quantitative estimate of drug-likeness (QED) is 0.0955. The SMILES string of the molecule is COC(=O)N[C@H](C(=O)N[C@H]1CCC[C@@H]1c1ncc(-c2ccc(-c3ccc4c(ccc5[nH]c([C@@H]6CCCN6C(=O)[C@@H](NC(=O)OC)C(C)C)nc54)c3)cc2)[nH]1)C(C)C. The predicted molar refractivity (Wildman–Crippen MR) is 217 cm³/mol. The Kier molecular flexibility index (Phi) is 11.5. The summed E-state index contributed by atoms with van der Waals surface area (Å²) < 4.78 is 9.51. The average Bonchev–Trinajstić information content (AvgIpc) is 4.05. The Labute approximate surface area is 331 Å². The van der Waals surface area contributed by atoms with E-state index in [-0.39, 0.29) is 41.7 Å². The molecular formula is C43H52N8O6. The van der Waals surface area contributed by atoms with Gasteiger partial charge in [-0.3, -0.25) is 9.59 Å². The number of imidazole rings is 2. The third-order valence-electron chi connectivity index (χ3n) is 11.5. The number of nitrogens with zero attached hydrogens (tertiary/aromatic N) is 3. The minimum absolute atomic E-state index is 0.0368. The van der Waals surface area contributed by atoms with E-state index in [0.717, 1.165) is 87.9 Å². The van der Waals surface area contributed by atoms with E-state index in [0.29, 0.717) is 6.54 Å². The molecule has 3 aromatic carbocycles. The molecule has 1 saturated heterocycles. The van der Waals surface area contributed by atoms with Crippen LogP contribution in [0, 0.1) is 11.8 Å². The molecule has 3 heterocycles. The van der Waals surface area contributed by atoms with Crippen molar-refractivity contribution >= 4 is 45.8 Å². The van der Waals surface area contributed by atoms with E-state index in [9.17, 15) is 19.2 Å². The van der Waals surface area contributed by atoms with Crippen LogP contribution in [-0.4, -0.2) is 87.7 Å². The molecule has 57 heavy (non-hydrogen) atoms. The lowest BCUT2D eigenvalue weighted by molar-refractivity contribution is -0.135. The van der Waals surface area contributed by atoms with E-state index < -0.39 is 24.3 Å². The van der Waals surface area contributed by atoms with E-state index in [1.165, 1.54) is 14.2 Å². The lowest BCUT2D eigenvalue weighted by Gasteiger charge is -2.29. The van der Waals surface area contributed by atoms with Crippen molar-refractivity contribution in [1.82, 2.24) is 40.8 Å². The van der Waals surface area contributed by atoms with Gasteiger partial charge >= 0.3 is 12.2 Å². The second-order valence-corrected chi connectivity index (χ2v) is 15.8. The van der Waals surface area contributed by atoms with E-state index in [1.807, 2.05) is 44.9 Å². The molecule has 1 aliphatic heterocycles. The normalized spacial score (nSPS) is 19.2. The Bertz CT molecular complexity index is 2260.